The molecule has 8 heteroatoms. The van der Waals surface area contributed by atoms with Gasteiger partial charge in [-0.05, 0) is 12.5 Å². The fraction of sp³-hybridized carbons (Fsp3) is 0.250. The molecule has 0 aliphatic carbocycles. The Morgan fingerprint density at radius 3 is 2.45 bits per heavy atom. The molecule has 0 spiro atoms. The van der Waals surface area contributed by atoms with E-state index in [0.717, 1.165) is 0 Å². The zero-order valence-electron chi connectivity index (χ0n) is 10.0. The summed E-state index contributed by atoms with van der Waals surface area (Å²) in [7, 11) is 0. The molecule has 0 bridgehead atoms. The van der Waals surface area contributed by atoms with Gasteiger partial charge in [0, 0.05) is 12.5 Å². The van der Waals surface area contributed by atoms with Gasteiger partial charge in [0.2, 0.25) is 11.8 Å². The van der Waals surface area contributed by atoms with Crippen molar-refractivity contribution in [2.45, 2.75) is 18.9 Å². The Labute approximate surface area is 111 Å². The van der Waals surface area contributed by atoms with Crippen LogP contribution in [0, 0.1) is 17.5 Å². The van der Waals surface area contributed by atoms with Crippen molar-refractivity contribution in [3.8, 4) is 0 Å². The van der Waals surface area contributed by atoms with Gasteiger partial charge in [-0.15, -0.1) is 0 Å². The Hall–Kier alpha value is -2.38. The predicted molar refractivity (Wildman–Crippen MR) is 60.0 cm³/mol. The summed E-state index contributed by atoms with van der Waals surface area (Å²) in [6.07, 6.45) is 0.0820. The maximum Gasteiger partial charge on any atom is 0.255 e. The third-order valence-electron chi connectivity index (χ3n) is 2.80. The van der Waals surface area contributed by atoms with Gasteiger partial charge in [-0.25, -0.2) is 13.2 Å². The first-order valence-corrected chi connectivity index (χ1v) is 5.67. The first kappa shape index (κ1) is 14.0. The molecule has 106 valence electrons. The number of carbonyl (C=O) groups excluding carboxylic acids is 3. The lowest BCUT2D eigenvalue weighted by molar-refractivity contribution is -0.134. The summed E-state index contributed by atoms with van der Waals surface area (Å²) in [5.41, 5.74) is -0.714. The quantitative estimate of drug-likeness (QED) is 0.619. The molecule has 1 saturated heterocycles. The van der Waals surface area contributed by atoms with E-state index in [2.05, 4.69) is 5.32 Å². The molecule has 5 nitrogen and oxygen atoms in total. The van der Waals surface area contributed by atoms with Gasteiger partial charge in [-0.2, -0.15) is 0 Å². The van der Waals surface area contributed by atoms with Crippen LogP contribution in [0.4, 0.5) is 13.2 Å². The summed E-state index contributed by atoms with van der Waals surface area (Å²) in [6, 6.07) is -0.367. The van der Waals surface area contributed by atoms with Crippen molar-refractivity contribution in [1.82, 2.24) is 10.6 Å². The molecule has 2 rings (SSSR count). The van der Waals surface area contributed by atoms with Crippen LogP contribution in [0.5, 0.6) is 0 Å². The van der Waals surface area contributed by atoms with Gasteiger partial charge in [0.25, 0.3) is 5.91 Å². The van der Waals surface area contributed by atoms with Gasteiger partial charge in [0.05, 0.1) is 5.56 Å². The van der Waals surface area contributed by atoms with E-state index in [1.54, 1.807) is 0 Å². The number of halogens is 3. The summed E-state index contributed by atoms with van der Waals surface area (Å²) < 4.78 is 39.1. The van der Waals surface area contributed by atoms with E-state index in [1.807, 2.05) is 5.32 Å². The predicted octanol–water partition coefficient (Wildman–Crippen LogP) is 0.639. The van der Waals surface area contributed by atoms with Crippen LogP contribution in [0.25, 0.3) is 0 Å². The van der Waals surface area contributed by atoms with Gasteiger partial charge in [-0.3, -0.25) is 19.7 Å². The second-order valence-corrected chi connectivity index (χ2v) is 4.22. The molecule has 1 aromatic rings. The SMILES string of the molecule is O=C1CCC(NC(=O)c2cc(F)c(F)cc2F)C(=O)N1. The first-order chi connectivity index (χ1) is 9.38. The van der Waals surface area contributed by atoms with Crippen LogP contribution in [-0.4, -0.2) is 23.8 Å². The zero-order valence-corrected chi connectivity index (χ0v) is 10.0. The van der Waals surface area contributed by atoms with Crippen molar-refractivity contribution in [1.29, 1.82) is 0 Å². The summed E-state index contributed by atoms with van der Waals surface area (Å²) >= 11 is 0. The van der Waals surface area contributed by atoms with Crippen LogP contribution in [-0.2, 0) is 9.59 Å². The number of rotatable bonds is 2. The molecule has 1 fully saturated rings. The number of amides is 3. The van der Waals surface area contributed by atoms with E-state index in [1.165, 1.54) is 0 Å². The number of hydrogen-bond acceptors (Lipinski definition) is 3. The highest BCUT2D eigenvalue weighted by atomic mass is 19.2. The lowest BCUT2D eigenvalue weighted by atomic mass is 10.1. The van der Waals surface area contributed by atoms with Crippen molar-refractivity contribution in [3.63, 3.8) is 0 Å². The fourth-order valence-corrected chi connectivity index (χ4v) is 1.76. The van der Waals surface area contributed by atoms with E-state index in [4.69, 9.17) is 0 Å². The molecule has 0 aromatic heterocycles. The molecule has 1 aromatic carbocycles. The van der Waals surface area contributed by atoms with Crippen LogP contribution in [0.15, 0.2) is 12.1 Å². The minimum Gasteiger partial charge on any atom is -0.340 e. The van der Waals surface area contributed by atoms with Crippen LogP contribution in [0.1, 0.15) is 23.2 Å². The van der Waals surface area contributed by atoms with Gasteiger partial charge < -0.3 is 5.32 Å². The highest BCUT2D eigenvalue weighted by Gasteiger charge is 2.29. The number of hydrogen-bond donors (Lipinski definition) is 2. The molecular formula is C12H9F3N2O3. The van der Waals surface area contributed by atoms with Crippen molar-refractivity contribution in [3.05, 3.63) is 35.1 Å². The highest BCUT2D eigenvalue weighted by molar-refractivity contribution is 6.03. The van der Waals surface area contributed by atoms with Crippen molar-refractivity contribution in [2.75, 3.05) is 0 Å². The van der Waals surface area contributed by atoms with E-state index in [9.17, 15) is 27.6 Å². The number of nitrogens with one attached hydrogen (secondary N) is 2. The summed E-state index contributed by atoms with van der Waals surface area (Å²) in [5.74, 6) is -6.29. The summed E-state index contributed by atoms with van der Waals surface area (Å²) in [4.78, 5) is 34.0. The fourth-order valence-electron chi connectivity index (χ4n) is 1.76. The van der Waals surface area contributed by atoms with Gasteiger partial charge >= 0.3 is 0 Å². The molecule has 1 atom stereocenters. The topological polar surface area (TPSA) is 75.3 Å². The first-order valence-electron chi connectivity index (χ1n) is 5.67. The third kappa shape index (κ3) is 2.79. The Balaban J connectivity index is 2.14. The lowest BCUT2D eigenvalue weighted by Crippen LogP contribution is -2.52. The minimum absolute atomic E-state index is 0.0247. The number of benzene rings is 1. The maximum absolute atomic E-state index is 13.4. The van der Waals surface area contributed by atoms with Crippen LogP contribution >= 0.6 is 0 Å². The average molecular weight is 286 g/mol. The van der Waals surface area contributed by atoms with Gasteiger partial charge in [0.1, 0.15) is 11.9 Å². The van der Waals surface area contributed by atoms with Crippen molar-refractivity contribution in [2.24, 2.45) is 0 Å². The monoisotopic (exact) mass is 286 g/mol. The highest BCUT2D eigenvalue weighted by Crippen LogP contribution is 2.14. The molecule has 2 N–H and O–H groups in total. The molecule has 20 heavy (non-hydrogen) atoms. The van der Waals surface area contributed by atoms with Crippen molar-refractivity contribution < 1.29 is 27.6 Å². The van der Waals surface area contributed by atoms with Gasteiger partial charge in [0.15, 0.2) is 11.6 Å². The average Bonchev–Trinajstić information content (AvgIpc) is 2.37. The largest absolute Gasteiger partial charge is 0.340 e. The molecule has 1 aliphatic rings. The molecule has 1 aliphatic heterocycles. The summed E-state index contributed by atoms with van der Waals surface area (Å²) in [5, 5.41) is 4.16. The molecule has 1 heterocycles. The normalized spacial score (nSPS) is 18.6. The Morgan fingerprint density at radius 2 is 1.80 bits per heavy atom. The second-order valence-electron chi connectivity index (χ2n) is 4.22. The minimum atomic E-state index is -1.42. The van der Waals surface area contributed by atoms with Crippen molar-refractivity contribution >= 4 is 17.7 Å². The Morgan fingerprint density at radius 1 is 1.15 bits per heavy atom. The number of carbonyl (C=O) groups is 3. The van der Waals surface area contributed by atoms with E-state index in [-0.39, 0.29) is 18.9 Å². The van der Waals surface area contributed by atoms with Crippen LogP contribution < -0.4 is 10.6 Å². The smallest absolute Gasteiger partial charge is 0.255 e. The summed E-state index contributed by atoms with van der Waals surface area (Å²) in [6.45, 7) is 0. The standard InChI is InChI=1S/C12H9F3N2O3/c13-6-4-8(15)7(14)3-5(6)11(19)16-9-1-2-10(18)17-12(9)20/h3-4,9H,1-2H2,(H,16,19)(H,17,18,20). The van der Waals surface area contributed by atoms with E-state index in [0.29, 0.717) is 6.07 Å². The molecule has 3 amide bonds. The molecule has 0 radical (unpaired) electrons. The number of imide groups is 1. The second kappa shape index (κ2) is 5.32. The molecular weight excluding hydrogens is 277 g/mol. The van der Waals surface area contributed by atoms with E-state index < -0.39 is 46.8 Å². The molecule has 1 unspecified atom stereocenters. The third-order valence-corrected chi connectivity index (χ3v) is 2.80. The Bertz CT molecular complexity index is 604. The maximum atomic E-state index is 13.4. The Kier molecular flexibility index (Phi) is 3.73. The van der Waals surface area contributed by atoms with Gasteiger partial charge in [-0.1, -0.05) is 0 Å². The lowest BCUT2D eigenvalue weighted by Gasteiger charge is -2.21. The van der Waals surface area contributed by atoms with E-state index >= 15 is 0 Å². The van der Waals surface area contributed by atoms with Crippen LogP contribution in [0.3, 0.4) is 0 Å². The zero-order chi connectivity index (χ0) is 14.9. The number of piperidine rings is 1. The molecule has 0 saturated carbocycles. The van der Waals surface area contributed by atoms with Crippen LogP contribution in [0.2, 0.25) is 0 Å².